The monoisotopic (exact) mass is 217 g/mol. The Morgan fingerprint density at radius 2 is 1.75 bits per heavy atom. The normalized spacial score (nSPS) is 12.2. The van der Waals surface area contributed by atoms with Crippen molar-refractivity contribution in [1.29, 1.82) is 5.26 Å². The van der Waals surface area contributed by atoms with Crippen molar-refractivity contribution >= 4 is 0 Å². The first-order valence-corrected chi connectivity index (χ1v) is 5.80. The molecular formula is C14H19NO. The molecule has 1 rings (SSSR count). The lowest BCUT2D eigenvalue weighted by Crippen LogP contribution is -2.09. The molecule has 0 aliphatic heterocycles. The quantitative estimate of drug-likeness (QED) is 0.752. The van der Waals surface area contributed by atoms with Crippen molar-refractivity contribution in [2.45, 2.75) is 32.6 Å². The van der Waals surface area contributed by atoms with Crippen LogP contribution in [-0.2, 0) is 0 Å². The van der Waals surface area contributed by atoms with Crippen LogP contribution in [0.1, 0.15) is 38.2 Å². The Morgan fingerprint density at radius 1 is 1.19 bits per heavy atom. The summed E-state index contributed by atoms with van der Waals surface area (Å²) < 4.78 is 5.11. The highest BCUT2D eigenvalue weighted by molar-refractivity contribution is 5.32. The molecule has 2 nitrogen and oxygen atoms in total. The molecule has 0 bridgehead atoms. The van der Waals surface area contributed by atoms with Gasteiger partial charge in [0.2, 0.25) is 0 Å². The van der Waals surface area contributed by atoms with Gasteiger partial charge in [-0.25, -0.2) is 0 Å². The van der Waals surface area contributed by atoms with E-state index in [-0.39, 0.29) is 5.92 Å². The summed E-state index contributed by atoms with van der Waals surface area (Å²) in [6.45, 7) is 4.28. The van der Waals surface area contributed by atoms with Crippen molar-refractivity contribution in [3.63, 3.8) is 0 Å². The van der Waals surface area contributed by atoms with Gasteiger partial charge in [0.05, 0.1) is 19.1 Å². The van der Waals surface area contributed by atoms with Crippen LogP contribution in [0.3, 0.4) is 0 Å². The zero-order valence-corrected chi connectivity index (χ0v) is 10.2. The Hall–Kier alpha value is -1.49. The van der Waals surface area contributed by atoms with E-state index in [9.17, 15) is 5.26 Å². The van der Waals surface area contributed by atoms with Crippen molar-refractivity contribution in [1.82, 2.24) is 0 Å². The molecule has 1 unspecified atom stereocenters. The van der Waals surface area contributed by atoms with Crippen LogP contribution in [0.4, 0.5) is 0 Å². The minimum absolute atomic E-state index is 0.000839. The molecule has 1 aromatic carbocycles. The van der Waals surface area contributed by atoms with E-state index in [0.717, 1.165) is 24.2 Å². The number of nitrogens with zero attached hydrogens (tertiary/aromatic N) is 1. The number of benzene rings is 1. The number of hydrogen-bond acceptors (Lipinski definition) is 2. The zero-order valence-electron chi connectivity index (χ0n) is 10.2. The highest BCUT2D eigenvalue weighted by atomic mass is 16.5. The van der Waals surface area contributed by atoms with Gasteiger partial charge in [0.25, 0.3) is 0 Å². The molecule has 0 heterocycles. The number of nitriles is 1. The first-order chi connectivity index (χ1) is 7.76. The second-order valence-electron chi connectivity index (χ2n) is 3.96. The third kappa shape index (κ3) is 2.76. The van der Waals surface area contributed by atoms with Gasteiger partial charge in [-0.1, -0.05) is 38.8 Å². The third-order valence-corrected chi connectivity index (χ3v) is 3.13. The van der Waals surface area contributed by atoms with Crippen molar-refractivity contribution in [3.05, 3.63) is 29.8 Å². The molecular weight excluding hydrogens is 198 g/mol. The summed E-state index contributed by atoms with van der Waals surface area (Å²) in [7, 11) is 1.65. The van der Waals surface area contributed by atoms with Crippen LogP contribution >= 0.6 is 0 Å². The molecule has 2 heteroatoms. The molecule has 86 valence electrons. The highest BCUT2D eigenvalue weighted by Gasteiger charge is 2.19. The van der Waals surface area contributed by atoms with Crippen molar-refractivity contribution in [2.24, 2.45) is 5.92 Å². The van der Waals surface area contributed by atoms with E-state index >= 15 is 0 Å². The molecule has 1 atom stereocenters. The van der Waals surface area contributed by atoms with Crippen LogP contribution in [0.15, 0.2) is 24.3 Å². The Kier molecular flexibility index (Phi) is 4.85. The minimum atomic E-state index is 0.000839. The molecule has 0 aromatic heterocycles. The summed E-state index contributed by atoms with van der Waals surface area (Å²) in [5.74, 6) is 1.28. The van der Waals surface area contributed by atoms with Gasteiger partial charge >= 0.3 is 0 Å². The first kappa shape index (κ1) is 12.6. The second kappa shape index (κ2) is 6.17. The molecule has 0 aliphatic carbocycles. The Labute approximate surface area is 97.9 Å². The molecule has 0 saturated heterocycles. The maximum atomic E-state index is 9.26. The van der Waals surface area contributed by atoms with Crippen LogP contribution < -0.4 is 4.74 Å². The number of ether oxygens (including phenoxy) is 1. The summed E-state index contributed by atoms with van der Waals surface area (Å²) >= 11 is 0. The zero-order chi connectivity index (χ0) is 12.0. The van der Waals surface area contributed by atoms with E-state index in [2.05, 4.69) is 19.9 Å². The van der Waals surface area contributed by atoms with Crippen molar-refractivity contribution in [2.75, 3.05) is 7.11 Å². The van der Waals surface area contributed by atoms with Crippen molar-refractivity contribution < 1.29 is 4.74 Å². The summed E-state index contributed by atoms with van der Waals surface area (Å²) in [6.07, 6.45) is 2.08. The van der Waals surface area contributed by atoms with Crippen LogP contribution in [0, 0.1) is 17.2 Å². The molecule has 0 aliphatic rings. The smallest absolute Gasteiger partial charge is 0.118 e. The van der Waals surface area contributed by atoms with Gasteiger partial charge in [-0.3, -0.25) is 0 Å². The molecule has 0 N–H and O–H groups in total. The van der Waals surface area contributed by atoms with E-state index in [1.54, 1.807) is 7.11 Å². The highest BCUT2D eigenvalue weighted by Crippen LogP contribution is 2.29. The predicted molar refractivity (Wildman–Crippen MR) is 65.4 cm³/mol. The predicted octanol–water partition coefficient (Wildman–Crippen LogP) is 3.74. The van der Waals surface area contributed by atoms with Gasteiger partial charge in [-0.05, 0) is 23.6 Å². The van der Waals surface area contributed by atoms with Gasteiger partial charge in [-0.15, -0.1) is 0 Å². The summed E-state index contributed by atoms with van der Waals surface area (Å²) in [5.41, 5.74) is 1.09. The standard InChI is InChI=1S/C14H19NO/c1-4-11(5-2)14(10-15)12-6-8-13(16-3)9-7-12/h6-9,11,14H,4-5H2,1-3H3. The average molecular weight is 217 g/mol. The maximum Gasteiger partial charge on any atom is 0.118 e. The van der Waals surface area contributed by atoms with Crippen LogP contribution in [0.25, 0.3) is 0 Å². The lowest BCUT2D eigenvalue weighted by molar-refractivity contribution is 0.413. The number of hydrogen-bond donors (Lipinski definition) is 0. The van der Waals surface area contributed by atoms with Gasteiger partial charge < -0.3 is 4.74 Å². The SMILES string of the molecule is CCC(CC)C(C#N)c1ccc(OC)cc1. The molecule has 0 spiro atoms. The third-order valence-electron chi connectivity index (χ3n) is 3.13. The van der Waals surface area contributed by atoms with Gasteiger partial charge in [0.15, 0.2) is 0 Å². The molecule has 1 aromatic rings. The topological polar surface area (TPSA) is 33.0 Å². The van der Waals surface area contributed by atoms with E-state index in [1.165, 1.54) is 0 Å². The maximum absolute atomic E-state index is 9.26. The lowest BCUT2D eigenvalue weighted by atomic mass is 9.84. The Balaban J connectivity index is 2.91. The Bertz CT molecular complexity index is 346. The van der Waals surface area contributed by atoms with Crippen LogP contribution in [-0.4, -0.2) is 7.11 Å². The number of methoxy groups -OCH3 is 1. The molecule has 0 amide bonds. The summed E-state index contributed by atoms with van der Waals surface area (Å²) in [5, 5.41) is 9.26. The molecule has 0 fully saturated rings. The van der Waals surface area contributed by atoms with Gasteiger partial charge in [0, 0.05) is 0 Å². The molecule has 0 radical (unpaired) electrons. The van der Waals surface area contributed by atoms with Gasteiger partial charge in [-0.2, -0.15) is 5.26 Å². The van der Waals surface area contributed by atoms with Crippen LogP contribution in [0.2, 0.25) is 0 Å². The van der Waals surface area contributed by atoms with Crippen LogP contribution in [0.5, 0.6) is 5.75 Å². The average Bonchev–Trinajstić information content (AvgIpc) is 2.36. The summed E-state index contributed by atoms with van der Waals surface area (Å²) in [4.78, 5) is 0. The van der Waals surface area contributed by atoms with E-state index in [0.29, 0.717) is 5.92 Å². The van der Waals surface area contributed by atoms with E-state index in [1.807, 2.05) is 24.3 Å². The summed E-state index contributed by atoms with van der Waals surface area (Å²) in [6, 6.07) is 10.2. The fourth-order valence-corrected chi connectivity index (χ4v) is 2.02. The molecule has 0 saturated carbocycles. The number of rotatable bonds is 5. The van der Waals surface area contributed by atoms with E-state index < -0.39 is 0 Å². The molecule has 16 heavy (non-hydrogen) atoms. The Morgan fingerprint density at radius 3 is 2.12 bits per heavy atom. The van der Waals surface area contributed by atoms with Crippen molar-refractivity contribution in [3.8, 4) is 11.8 Å². The van der Waals surface area contributed by atoms with Gasteiger partial charge in [0.1, 0.15) is 5.75 Å². The minimum Gasteiger partial charge on any atom is -0.497 e. The fourth-order valence-electron chi connectivity index (χ4n) is 2.02. The lowest BCUT2D eigenvalue weighted by Gasteiger charge is -2.19. The van der Waals surface area contributed by atoms with E-state index in [4.69, 9.17) is 4.74 Å². The first-order valence-electron chi connectivity index (χ1n) is 5.80. The fraction of sp³-hybridized carbons (Fsp3) is 0.500. The second-order valence-corrected chi connectivity index (χ2v) is 3.96. The largest absolute Gasteiger partial charge is 0.497 e.